The number of nitrogens with one attached hydrogen (secondary N) is 1. The lowest BCUT2D eigenvalue weighted by molar-refractivity contribution is -0.121. The zero-order valence-electron chi connectivity index (χ0n) is 9.13. The molecule has 0 saturated carbocycles. The van der Waals surface area contributed by atoms with Crippen LogP contribution < -0.4 is 5.32 Å². The molecular formula is C10H13N3O4. The van der Waals surface area contributed by atoms with Crippen molar-refractivity contribution in [2.75, 3.05) is 18.4 Å². The lowest BCUT2D eigenvalue weighted by atomic mass is 9.96. The van der Waals surface area contributed by atoms with Gasteiger partial charge in [-0.1, -0.05) is 5.16 Å². The molecule has 17 heavy (non-hydrogen) atoms. The van der Waals surface area contributed by atoms with Gasteiger partial charge in [-0.05, 0) is 12.8 Å². The molecule has 1 aliphatic rings. The van der Waals surface area contributed by atoms with Crippen LogP contribution in [0.25, 0.3) is 0 Å². The molecule has 7 heteroatoms. The number of hydrogen-bond acceptors (Lipinski definition) is 4. The number of carbonyl (C=O) groups excluding carboxylic acids is 1. The Kier molecular flexibility index (Phi) is 3.27. The van der Waals surface area contributed by atoms with Crippen LogP contribution in [0.3, 0.4) is 0 Å². The smallest absolute Gasteiger partial charge is 0.407 e. The van der Waals surface area contributed by atoms with Gasteiger partial charge in [0.2, 0.25) is 5.91 Å². The van der Waals surface area contributed by atoms with Gasteiger partial charge in [0.25, 0.3) is 0 Å². The van der Waals surface area contributed by atoms with Gasteiger partial charge in [-0.25, -0.2) is 4.79 Å². The zero-order valence-corrected chi connectivity index (χ0v) is 9.13. The SMILES string of the molecule is O=C(Nc1ccon1)C1CCN(C(=O)O)CC1. The van der Waals surface area contributed by atoms with Crippen molar-refractivity contribution in [2.45, 2.75) is 12.8 Å². The van der Waals surface area contributed by atoms with Crippen molar-refractivity contribution in [1.29, 1.82) is 0 Å². The fourth-order valence-corrected chi connectivity index (χ4v) is 1.84. The second kappa shape index (κ2) is 4.86. The van der Waals surface area contributed by atoms with Crippen molar-refractivity contribution in [3.8, 4) is 0 Å². The molecule has 1 fully saturated rings. The Morgan fingerprint density at radius 3 is 2.71 bits per heavy atom. The standard InChI is InChI=1S/C10H13N3O4/c14-9(11-8-3-6-17-12-8)7-1-4-13(5-2-7)10(15)16/h3,6-7H,1-2,4-5H2,(H,15,16)(H,11,12,14). The molecule has 2 N–H and O–H groups in total. The summed E-state index contributed by atoms with van der Waals surface area (Å²) < 4.78 is 4.60. The van der Waals surface area contributed by atoms with E-state index in [1.54, 1.807) is 6.07 Å². The lowest BCUT2D eigenvalue weighted by Crippen LogP contribution is -2.40. The quantitative estimate of drug-likeness (QED) is 0.802. The molecule has 0 spiro atoms. The number of likely N-dealkylation sites (tertiary alicyclic amines) is 1. The van der Waals surface area contributed by atoms with E-state index in [0.29, 0.717) is 31.7 Å². The third-order valence-corrected chi connectivity index (χ3v) is 2.83. The van der Waals surface area contributed by atoms with Crippen molar-refractivity contribution in [1.82, 2.24) is 10.1 Å². The van der Waals surface area contributed by atoms with E-state index in [0.717, 1.165) is 0 Å². The number of amides is 2. The van der Waals surface area contributed by atoms with Gasteiger partial charge in [0.05, 0.1) is 0 Å². The summed E-state index contributed by atoms with van der Waals surface area (Å²) in [6.07, 6.45) is 1.52. The lowest BCUT2D eigenvalue weighted by Gasteiger charge is -2.28. The van der Waals surface area contributed by atoms with Gasteiger partial charge in [0.15, 0.2) is 5.82 Å². The number of piperidine rings is 1. The van der Waals surface area contributed by atoms with E-state index in [4.69, 9.17) is 5.11 Å². The van der Waals surface area contributed by atoms with Gasteiger partial charge >= 0.3 is 6.09 Å². The summed E-state index contributed by atoms with van der Waals surface area (Å²) in [5, 5.41) is 15.0. The van der Waals surface area contributed by atoms with Crippen LogP contribution >= 0.6 is 0 Å². The predicted molar refractivity (Wildman–Crippen MR) is 57.5 cm³/mol. The number of carboxylic acid groups (broad SMARTS) is 1. The minimum Gasteiger partial charge on any atom is -0.465 e. The topological polar surface area (TPSA) is 95.7 Å². The van der Waals surface area contributed by atoms with Crippen LogP contribution in [0.1, 0.15) is 12.8 Å². The van der Waals surface area contributed by atoms with Crippen LogP contribution in [-0.4, -0.2) is 40.3 Å². The van der Waals surface area contributed by atoms with Crippen LogP contribution in [0.5, 0.6) is 0 Å². The summed E-state index contributed by atoms with van der Waals surface area (Å²) >= 11 is 0. The number of rotatable bonds is 2. The molecule has 1 aromatic rings. The molecule has 0 bridgehead atoms. The first kappa shape index (κ1) is 11.4. The molecule has 0 unspecified atom stereocenters. The van der Waals surface area contributed by atoms with E-state index in [1.165, 1.54) is 11.2 Å². The molecule has 1 aliphatic heterocycles. The first-order valence-electron chi connectivity index (χ1n) is 5.36. The minimum atomic E-state index is -0.930. The average molecular weight is 239 g/mol. The van der Waals surface area contributed by atoms with E-state index < -0.39 is 6.09 Å². The Balaban J connectivity index is 1.84. The molecule has 2 rings (SSSR count). The van der Waals surface area contributed by atoms with E-state index in [1.807, 2.05) is 0 Å². The highest BCUT2D eigenvalue weighted by Crippen LogP contribution is 2.18. The molecule has 92 valence electrons. The molecule has 2 amide bonds. The average Bonchev–Trinajstić information content (AvgIpc) is 2.82. The fourth-order valence-electron chi connectivity index (χ4n) is 1.84. The zero-order chi connectivity index (χ0) is 12.3. The second-order valence-electron chi connectivity index (χ2n) is 3.92. The summed E-state index contributed by atoms with van der Waals surface area (Å²) in [6, 6.07) is 1.56. The molecule has 0 atom stereocenters. The Labute approximate surface area is 97.4 Å². The third-order valence-electron chi connectivity index (χ3n) is 2.83. The number of aromatic nitrogens is 1. The van der Waals surface area contributed by atoms with Gasteiger partial charge in [-0.2, -0.15) is 0 Å². The van der Waals surface area contributed by atoms with Gasteiger partial charge in [0.1, 0.15) is 6.26 Å². The van der Waals surface area contributed by atoms with Crippen LogP contribution in [-0.2, 0) is 4.79 Å². The summed E-state index contributed by atoms with van der Waals surface area (Å²) in [4.78, 5) is 23.8. The number of carbonyl (C=O) groups is 2. The maximum absolute atomic E-state index is 11.8. The van der Waals surface area contributed by atoms with Crippen molar-refractivity contribution in [2.24, 2.45) is 5.92 Å². The van der Waals surface area contributed by atoms with E-state index in [9.17, 15) is 9.59 Å². The molecule has 0 aromatic carbocycles. The van der Waals surface area contributed by atoms with Crippen LogP contribution in [0.4, 0.5) is 10.6 Å². The van der Waals surface area contributed by atoms with Crippen molar-refractivity contribution in [3.63, 3.8) is 0 Å². The van der Waals surface area contributed by atoms with Gasteiger partial charge in [-0.15, -0.1) is 0 Å². The first-order valence-corrected chi connectivity index (χ1v) is 5.36. The maximum Gasteiger partial charge on any atom is 0.407 e. The van der Waals surface area contributed by atoms with E-state index in [-0.39, 0.29) is 11.8 Å². The summed E-state index contributed by atoms with van der Waals surface area (Å²) in [6.45, 7) is 0.790. The first-order chi connectivity index (χ1) is 8.16. The Morgan fingerprint density at radius 2 is 2.18 bits per heavy atom. The number of nitrogens with zero attached hydrogens (tertiary/aromatic N) is 2. The normalized spacial score (nSPS) is 16.8. The van der Waals surface area contributed by atoms with Crippen molar-refractivity contribution in [3.05, 3.63) is 12.3 Å². The fraction of sp³-hybridized carbons (Fsp3) is 0.500. The Morgan fingerprint density at radius 1 is 1.47 bits per heavy atom. The Bertz CT molecular complexity index is 396. The van der Waals surface area contributed by atoms with Crippen LogP contribution in [0.15, 0.2) is 16.9 Å². The van der Waals surface area contributed by atoms with E-state index >= 15 is 0 Å². The van der Waals surface area contributed by atoms with Crippen molar-refractivity contribution < 1.29 is 19.2 Å². The summed E-state index contributed by atoms with van der Waals surface area (Å²) in [5.74, 6) is 0.0851. The predicted octanol–water partition coefficient (Wildman–Crippen LogP) is 1.00. The van der Waals surface area contributed by atoms with E-state index in [2.05, 4.69) is 15.0 Å². The van der Waals surface area contributed by atoms with Crippen LogP contribution in [0, 0.1) is 5.92 Å². The minimum absolute atomic E-state index is 0.135. The van der Waals surface area contributed by atoms with Crippen molar-refractivity contribution >= 4 is 17.8 Å². The summed E-state index contributed by atoms with van der Waals surface area (Å²) in [7, 11) is 0. The van der Waals surface area contributed by atoms with Gasteiger partial charge in [-0.3, -0.25) is 4.79 Å². The highest BCUT2D eigenvalue weighted by Gasteiger charge is 2.27. The molecule has 0 radical (unpaired) electrons. The summed E-state index contributed by atoms with van der Waals surface area (Å²) in [5.41, 5.74) is 0. The largest absolute Gasteiger partial charge is 0.465 e. The molecule has 1 aromatic heterocycles. The number of hydrogen-bond donors (Lipinski definition) is 2. The number of anilines is 1. The van der Waals surface area contributed by atoms with Gasteiger partial charge in [0, 0.05) is 25.1 Å². The molecule has 7 nitrogen and oxygen atoms in total. The molecule has 2 heterocycles. The Hall–Kier alpha value is -2.05. The molecular weight excluding hydrogens is 226 g/mol. The van der Waals surface area contributed by atoms with Crippen LogP contribution in [0.2, 0.25) is 0 Å². The second-order valence-corrected chi connectivity index (χ2v) is 3.92. The third kappa shape index (κ3) is 2.74. The molecule has 0 aliphatic carbocycles. The maximum atomic E-state index is 11.8. The highest BCUT2D eigenvalue weighted by molar-refractivity contribution is 5.91. The monoisotopic (exact) mass is 239 g/mol. The van der Waals surface area contributed by atoms with Gasteiger partial charge < -0.3 is 19.8 Å². The highest BCUT2D eigenvalue weighted by atomic mass is 16.5. The molecule has 1 saturated heterocycles.